The standard InChI is InChI=1S/C30H31F2N3O4S/c31-24-9-5-21(6-10-24)20-1-3-23(4-2-20)29(36)34-27(30(37)35-15-17-40(38,39)18-16-35)13-14-33-28-19-26(28)22-7-11-25(32)12-8-22/h1-12,26-28,33H,13-19H2,(H,34,36)/t26-,27-,28?/m0/s1. The van der Waals surface area contributed by atoms with Gasteiger partial charge in [0.05, 0.1) is 11.5 Å². The first-order chi connectivity index (χ1) is 19.2. The lowest BCUT2D eigenvalue weighted by Crippen LogP contribution is -2.53. The van der Waals surface area contributed by atoms with Crippen molar-refractivity contribution in [1.82, 2.24) is 15.5 Å². The molecule has 0 radical (unpaired) electrons. The van der Waals surface area contributed by atoms with E-state index in [1.165, 1.54) is 29.2 Å². The molecule has 2 amide bonds. The Morgan fingerprint density at radius 3 is 2.00 bits per heavy atom. The fraction of sp³-hybridized carbons (Fsp3) is 0.333. The van der Waals surface area contributed by atoms with Gasteiger partial charge in [0.25, 0.3) is 5.91 Å². The summed E-state index contributed by atoms with van der Waals surface area (Å²) in [5.41, 5.74) is 3.06. The Bertz CT molecular complexity index is 1450. The van der Waals surface area contributed by atoms with Crippen LogP contribution in [0.25, 0.3) is 11.1 Å². The highest BCUT2D eigenvalue weighted by Crippen LogP contribution is 2.40. The second-order valence-electron chi connectivity index (χ2n) is 10.3. The molecule has 1 aliphatic heterocycles. The molecule has 10 heteroatoms. The Hall–Kier alpha value is -3.63. The Labute approximate surface area is 232 Å². The van der Waals surface area contributed by atoms with Crippen LogP contribution in [0.1, 0.15) is 34.7 Å². The fourth-order valence-corrected chi connectivity index (χ4v) is 6.22. The first-order valence-corrected chi connectivity index (χ1v) is 15.2. The molecule has 3 aromatic carbocycles. The molecule has 2 N–H and O–H groups in total. The number of rotatable bonds is 9. The Morgan fingerprint density at radius 1 is 0.850 bits per heavy atom. The van der Waals surface area contributed by atoms with Gasteiger partial charge in [0.2, 0.25) is 5.91 Å². The van der Waals surface area contributed by atoms with Gasteiger partial charge >= 0.3 is 0 Å². The zero-order valence-corrected chi connectivity index (χ0v) is 22.7. The molecule has 1 heterocycles. The van der Waals surface area contributed by atoms with Crippen LogP contribution in [-0.2, 0) is 14.6 Å². The predicted molar refractivity (Wildman–Crippen MR) is 148 cm³/mol. The highest BCUT2D eigenvalue weighted by Gasteiger charge is 2.38. The first kappa shape index (κ1) is 27.9. The third kappa shape index (κ3) is 6.92. The van der Waals surface area contributed by atoms with Crippen molar-refractivity contribution < 1.29 is 26.8 Å². The minimum Gasteiger partial charge on any atom is -0.340 e. The summed E-state index contributed by atoms with van der Waals surface area (Å²) in [6.07, 6.45) is 1.23. The van der Waals surface area contributed by atoms with E-state index in [1.807, 2.05) is 0 Å². The van der Waals surface area contributed by atoms with Crippen LogP contribution in [0.15, 0.2) is 72.8 Å². The van der Waals surface area contributed by atoms with E-state index in [0.717, 1.165) is 23.1 Å². The smallest absolute Gasteiger partial charge is 0.251 e. The van der Waals surface area contributed by atoms with E-state index in [4.69, 9.17) is 0 Å². The number of benzene rings is 3. The lowest BCUT2D eigenvalue weighted by molar-refractivity contribution is -0.133. The third-order valence-electron chi connectivity index (χ3n) is 7.51. The SMILES string of the molecule is O=C(N[C@@H](CCNC1C[C@H]1c1ccc(F)cc1)C(=O)N1CCS(=O)(=O)CC1)c1ccc(-c2ccc(F)cc2)cc1. The molecule has 1 saturated heterocycles. The van der Waals surface area contributed by atoms with Crippen molar-refractivity contribution in [2.45, 2.75) is 30.8 Å². The maximum absolute atomic E-state index is 13.4. The molecule has 7 nitrogen and oxygen atoms in total. The summed E-state index contributed by atoms with van der Waals surface area (Å²) >= 11 is 0. The van der Waals surface area contributed by atoms with Gasteiger partial charge in [-0.2, -0.15) is 0 Å². The molecule has 0 aromatic heterocycles. The lowest BCUT2D eigenvalue weighted by atomic mass is 10.0. The van der Waals surface area contributed by atoms with Gasteiger partial charge < -0.3 is 15.5 Å². The van der Waals surface area contributed by atoms with Gasteiger partial charge in [-0.15, -0.1) is 0 Å². The number of carbonyl (C=O) groups excluding carboxylic acids is 2. The van der Waals surface area contributed by atoms with Crippen LogP contribution in [0.4, 0.5) is 8.78 Å². The monoisotopic (exact) mass is 567 g/mol. The highest BCUT2D eigenvalue weighted by atomic mass is 32.2. The van der Waals surface area contributed by atoms with Crippen molar-refractivity contribution in [1.29, 1.82) is 0 Å². The van der Waals surface area contributed by atoms with E-state index >= 15 is 0 Å². The molecule has 0 bridgehead atoms. The Morgan fingerprint density at radius 2 is 1.40 bits per heavy atom. The molecule has 5 rings (SSSR count). The van der Waals surface area contributed by atoms with Gasteiger partial charge in [-0.05, 0) is 72.5 Å². The summed E-state index contributed by atoms with van der Waals surface area (Å²) in [5, 5.41) is 6.28. The molecule has 2 aliphatic rings. The largest absolute Gasteiger partial charge is 0.340 e. The van der Waals surface area contributed by atoms with Gasteiger partial charge in [-0.25, -0.2) is 17.2 Å². The van der Waals surface area contributed by atoms with Gasteiger partial charge in [0.15, 0.2) is 9.84 Å². The quantitative estimate of drug-likeness (QED) is 0.413. The van der Waals surface area contributed by atoms with E-state index < -0.39 is 21.8 Å². The highest BCUT2D eigenvalue weighted by molar-refractivity contribution is 7.91. The number of carbonyl (C=O) groups is 2. The van der Waals surface area contributed by atoms with E-state index in [2.05, 4.69) is 10.6 Å². The van der Waals surface area contributed by atoms with E-state index in [-0.39, 0.29) is 54.1 Å². The summed E-state index contributed by atoms with van der Waals surface area (Å²) < 4.78 is 50.2. The summed E-state index contributed by atoms with van der Waals surface area (Å²) in [6, 6.07) is 18.7. The molecule has 2 fully saturated rings. The molecule has 3 aromatic rings. The van der Waals surface area contributed by atoms with Crippen molar-refractivity contribution >= 4 is 21.7 Å². The van der Waals surface area contributed by atoms with Crippen LogP contribution in [0.3, 0.4) is 0 Å². The second-order valence-corrected chi connectivity index (χ2v) is 12.6. The maximum atomic E-state index is 13.4. The number of hydrogen-bond acceptors (Lipinski definition) is 5. The summed E-state index contributed by atoms with van der Waals surface area (Å²) in [4.78, 5) is 28.0. The molecule has 1 unspecified atom stereocenters. The number of amides is 2. The van der Waals surface area contributed by atoms with Crippen LogP contribution in [-0.4, -0.2) is 68.4 Å². The van der Waals surface area contributed by atoms with Gasteiger partial charge in [0, 0.05) is 30.6 Å². The predicted octanol–water partition coefficient (Wildman–Crippen LogP) is 3.52. The molecule has 1 aliphatic carbocycles. The van der Waals surface area contributed by atoms with E-state index in [1.54, 1.807) is 48.5 Å². The Balaban J connectivity index is 1.22. The van der Waals surface area contributed by atoms with Crippen molar-refractivity contribution in [2.75, 3.05) is 31.1 Å². The van der Waals surface area contributed by atoms with Crippen molar-refractivity contribution in [3.8, 4) is 11.1 Å². The zero-order valence-electron chi connectivity index (χ0n) is 21.9. The summed E-state index contributed by atoms with van der Waals surface area (Å²) in [5.74, 6) is -1.24. The van der Waals surface area contributed by atoms with Crippen molar-refractivity contribution in [3.05, 3.63) is 95.6 Å². The Kier molecular flexibility index (Phi) is 8.27. The molecular weight excluding hydrogens is 536 g/mol. The van der Waals surface area contributed by atoms with Crippen molar-refractivity contribution in [3.63, 3.8) is 0 Å². The van der Waals surface area contributed by atoms with Crippen LogP contribution in [0.2, 0.25) is 0 Å². The van der Waals surface area contributed by atoms with E-state index in [9.17, 15) is 26.8 Å². The molecule has 1 saturated carbocycles. The normalized spacial score (nSPS) is 20.5. The molecule has 40 heavy (non-hydrogen) atoms. The van der Waals surface area contributed by atoms with Gasteiger partial charge in [0.1, 0.15) is 17.7 Å². The van der Waals surface area contributed by atoms with Crippen LogP contribution < -0.4 is 10.6 Å². The van der Waals surface area contributed by atoms with Crippen LogP contribution in [0, 0.1) is 11.6 Å². The number of nitrogens with zero attached hydrogens (tertiary/aromatic N) is 1. The zero-order chi connectivity index (χ0) is 28.3. The lowest BCUT2D eigenvalue weighted by Gasteiger charge is -2.30. The summed E-state index contributed by atoms with van der Waals surface area (Å²) in [6.45, 7) is 0.667. The average molecular weight is 568 g/mol. The molecule has 3 atom stereocenters. The topological polar surface area (TPSA) is 95.6 Å². The molecule has 210 valence electrons. The molecular formula is C30H31F2N3O4S. The third-order valence-corrected chi connectivity index (χ3v) is 9.12. The average Bonchev–Trinajstić information content (AvgIpc) is 3.72. The fourth-order valence-electron chi connectivity index (χ4n) is 5.02. The first-order valence-electron chi connectivity index (χ1n) is 13.3. The number of hydrogen-bond donors (Lipinski definition) is 2. The molecule has 0 spiro atoms. The minimum atomic E-state index is -3.16. The number of nitrogens with one attached hydrogen (secondary N) is 2. The van der Waals surface area contributed by atoms with Crippen LogP contribution >= 0.6 is 0 Å². The number of halogens is 2. The minimum absolute atomic E-state index is 0.0933. The maximum Gasteiger partial charge on any atom is 0.251 e. The van der Waals surface area contributed by atoms with E-state index in [0.29, 0.717) is 18.5 Å². The van der Waals surface area contributed by atoms with Crippen LogP contribution in [0.5, 0.6) is 0 Å². The number of sulfone groups is 1. The van der Waals surface area contributed by atoms with Gasteiger partial charge in [-0.1, -0.05) is 36.4 Å². The van der Waals surface area contributed by atoms with Crippen molar-refractivity contribution in [2.24, 2.45) is 0 Å². The van der Waals surface area contributed by atoms with Gasteiger partial charge in [-0.3, -0.25) is 9.59 Å². The second kappa shape index (κ2) is 11.9. The summed E-state index contributed by atoms with van der Waals surface area (Å²) in [7, 11) is -3.16.